The Morgan fingerprint density at radius 2 is 1.90 bits per heavy atom. The van der Waals surface area contributed by atoms with Gasteiger partial charge in [-0.3, -0.25) is 10.1 Å². The molecule has 2 aliphatic heterocycles. The molecular weight excluding hydrogens is 264 g/mol. The van der Waals surface area contributed by atoms with Crippen molar-refractivity contribution in [2.24, 2.45) is 17.3 Å². The summed E-state index contributed by atoms with van der Waals surface area (Å²) in [5.74, 6) is 1.23. The van der Waals surface area contributed by atoms with E-state index in [9.17, 15) is 4.79 Å². The first-order valence-corrected chi connectivity index (χ1v) is 8.47. The van der Waals surface area contributed by atoms with Gasteiger partial charge in [0.25, 0.3) is 0 Å². The van der Waals surface area contributed by atoms with Crippen LogP contribution in [0.5, 0.6) is 0 Å². The fraction of sp³-hybridized carbons (Fsp3) is 0.941. The first-order chi connectivity index (χ1) is 9.82. The molecule has 21 heavy (non-hydrogen) atoms. The topological polar surface area (TPSA) is 41.6 Å². The highest BCUT2D eigenvalue weighted by Gasteiger charge is 2.43. The van der Waals surface area contributed by atoms with Gasteiger partial charge in [-0.15, -0.1) is 0 Å². The van der Waals surface area contributed by atoms with Gasteiger partial charge in [-0.05, 0) is 36.5 Å². The predicted octanol–water partition coefficient (Wildman–Crippen LogP) is 2.63. The van der Waals surface area contributed by atoms with Gasteiger partial charge in [0.15, 0.2) is 0 Å². The largest absolute Gasteiger partial charge is 0.381 e. The number of nitrogens with one attached hydrogen (secondary N) is 1. The van der Waals surface area contributed by atoms with Gasteiger partial charge in [-0.1, -0.05) is 34.6 Å². The quantitative estimate of drug-likeness (QED) is 0.848. The lowest BCUT2D eigenvalue weighted by Crippen LogP contribution is -2.46. The van der Waals surface area contributed by atoms with Crippen molar-refractivity contribution in [1.29, 1.82) is 0 Å². The molecule has 0 spiro atoms. The predicted molar refractivity (Wildman–Crippen MR) is 84.9 cm³/mol. The van der Waals surface area contributed by atoms with Crippen LogP contribution in [0, 0.1) is 17.3 Å². The monoisotopic (exact) mass is 296 g/mol. The molecule has 2 aliphatic rings. The number of ether oxygens (including phenoxy) is 1. The molecule has 0 radical (unpaired) electrons. The Labute approximate surface area is 129 Å². The molecule has 4 nitrogen and oxygen atoms in total. The minimum Gasteiger partial charge on any atom is -0.381 e. The zero-order chi connectivity index (χ0) is 15.6. The lowest BCUT2D eigenvalue weighted by atomic mass is 9.81. The number of hydrogen-bond donors (Lipinski definition) is 1. The molecule has 0 aliphatic carbocycles. The van der Waals surface area contributed by atoms with Crippen LogP contribution in [0.3, 0.4) is 0 Å². The van der Waals surface area contributed by atoms with Crippen LogP contribution in [-0.4, -0.2) is 42.8 Å². The molecular formula is C17H32N2O2. The molecule has 0 saturated carbocycles. The highest BCUT2D eigenvalue weighted by atomic mass is 16.5. The van der Waals surface area contributed by atoms with Crippen LogP contribution < -0.4 is 5.32 Å². The Kier molecular flexibility index (Phi) is 5.31. The normalized spacial score (nSPS) is 29.7. The van der Waals surface area contributed by atoms with E-state index < -0.39 is 0 Å². The van der Waals surface area contributed by atoms with Crippen molar-refractivity contribution in [3.8, 4) is 0 Å². The third kappa shape index (κ3) is 3.98. The number of nitrogens with zero attached hydrogens (tertiary/aromatic N) is 1. The molecule has 1 amide bonds. The van der Waals surface area contributed by atoms with E-state index in [0.29, 0.717) is 17.7 Å². The second-order valence-corrected chi connectivity index (χ2v) is 7.92. The molecule has 122 valence electrons. The molecule has 2 atom stereocenters. The number of hydrogen-bond acceptors (Lipinski definition) is 3. The number of carbonyl (C=O) groups is 1. The summed E-state index contributed by atoms with van der Waals surface area (Å²) in [6.45, 7) is 13.5. The van der Waals surface area contributed by atoms with Crippen LogP contribution >= 0.6 is 0 Å². The fourth-order valence-electron chi connectivity index (χ4n) is 3.44. The second-order valence-electron chi connectivity index (χ2n) is 7.92. The van der Waals surface area contributed by atoms with Gasteiger partial charge in [0.1, 0.15) is 0 Å². The van der Waals surface area contributed by atoms with Crippen LogP contribution in [0.1, 0.15) is 53.9 Å². The lowest BCUT2D eigenvalue weighted by Gasteiger charge is -2.39. The van der Waals surface area contributed by atoms with Crippen LogP contribution in [0.25, 0.3) is 0 Å². The van der Waals surface area contributed by atoms with Gasteiger partial charge in [-0.25, -0.2) is 0 Å². The van der Waals surface area contributed by atoms with Gasteiger partial charge >= 0.3 is 0 Å². The van der Waals surface area contributed by atoms with Crippen LogP contribution in [0.15, 0.2) is 0 Å². The molecule has 0 aromatic heterocycles. The molecule has 2 heterocycles. The summed E-state index contributed by atoms with van der Waals surface area (Å²) in [5, 5.41) is 3.57. The summed E-state index contributed by atoms with van der Waals surface area (Å²) >= 11 is 0. The Hall–Kier alpha value is -0.610. The zero-order valence-electron chi connectivity index (χ0n) is 14.3. The SMILES string of the molecule is CC(C)CC1NC(C(C)C)C(=O)N1CC1(C)CCOCC1. The Balaban J connectivity index is 2.10. The molecule has 0 aromatic rings. The molecule has 1 N–H and O–H groups in total. The van der Waals surface area contributed by atoms with E-state index in [1.807, 2.05) is 0 Å². The van der Waals surface area contributed by atoms with E-state index in [1.165, 1.54) is 0 Å². The maximum Gasteiger partial charge on any atom is 0.241 e. The van der Waals surface area contributed by atoms with Crippen LogP contribution in [0.2, 0.25) is 0 Å². The maximum absolute atomic E-state index is 12.8. The van der Waals surface area contributed by atoms with Gasteiger partial charge in [0.2, 0.25) is 5.91 Å². The van der Waals surface area contributed by atoms with Crippen molar-refractivity contribution in [2.45, 2.75) is 66.1 Å². The highest BCUT2D eigenvalue weighted by molar-refractivity contribution is 5.84. The van der Waals surface area contributed by atoms with Gasteiger partial charge in [0, 0.05) is 19.8 Å². The van der Waals surface area contributed by atoms with Crippen molar-refractivity contribution in [3.63, 3.8) is 0 Å². The smallest absolute Gasteiger partial charge is 0.241 e. The summed E-state index contributed by atoms with van der Waals surface area (Å²) in [7, 11) is 0. The molecule has 2 unspecified atom stereocenters. The molecule has 2 rings (SSSR count). The van der Waals surface area contributed by atoms with Crippen LogP contribution in [-0.2, 0) is 9.53 Å². The summed E-state index contributed by atoms with van der Waals surface area (Å²) in [6, 6.07) is -0.0165. The molecule has 4 heteroatoms. The Bertz CT molecular complexity index is 362. The summed E-state index contributed by atoms with van der Waals surface area (Å²) in [4.78, 5) is 14.9. The summed E-state index contributed by atoms with van der Waals surface area (Å²) in [6.07, 6.45) is 3.33. The average Bonchev–Trinajstić information content (AvgIpc) is 2.67. The third-order valence-corrected chi connectivity index (χ3v) is 4.91. The lowest BCUT2D eigenvalue weighted by molar-refractivity contribution is -0.133. The first-order valence-electron chi connectivity index (χ1n) is 8.47. The third-order valence-electron chi connectivity index (χ3n) is 4.91. The Morgan fingerprint density at radius 1 is 1.29 bits per heavy atom. The molecule has 0 bridgehead atoms. The minimum absolute atomic E-state index is 0.0165. The van der Waals surface area contributed by atoms with E-state index in [0.717, 1.165) is 39.0 Å². The number of amides is 1. The van der Waals surface area contributed by atoms with E-state index in [1.54, 1.807) is 0 Å². The van der Waals surface area contributed by atoms with Crippen molar-refractivity contribution >= 4 is 5.91 Å². The molecule has 0 aromatic carbocycles. The van der Waals surface area contributed by atoms with Crippen LogP contribution in [0.4, 0.5) is 0 Å². The van der Waals surface area contributed by atoms with E-state index in [2.05, 4.69) is 44.8 Å². The van der Waals surface area contributed by atoms with E-state index in [4.69, 9.17) is 4.74 Å². The van der Waals surface area contributed by atoms with Crippen molar-refractivity contribution in [3.05, 3.63) is 0 Å². The second kappa shape index (κ2) is 6.66. The van der Waals surface area contributed by atoms with Crippen molar-refractivity contribution in [2.75, 3.05) is 19.8 Å². The molecule has 2 fully saturated rings. The number of rotatable bonds is 5. The standard InChI is InChI=1S/C17H32N2O2/c1-12(2)10-14-18-15(13(3)4)16(20)19(14)11-17(5)6-8-21-9-7-17/h12-15,18H,6-11H2,1-5H3. The van der Waals surface area contributed by atoms with Crippen molar-refractivity contribution in [1.82, 2.24) is 10.2 Å². The van der Waals surface area contributed by atoms with Gasteiger partial charge in [-0.2, -0.15) is 0 Å². The van der Waals surface area contributed by atoms with Gasteiger partial charge < -0.3 is 9.64 Å². The summed E-state index contributed by atoms with van der Waals surface area (Å²) < 4.78 is 5.49. The maximum atomic E-state index is 12.8. The van der Waals surface area contributed by atoms with E-state index >= 15 is 0 Å². The highest BCUT2D eigenvalue weighted by Crippen LogP contribution is 2.33. The van der Waals surface area contributed by atoms with E-state index in [-0.39, 0.29) is 17.6 Å². The van der Waals surface area contributed by atoms with Gasteiger partial charge in [0.05, 0.1) is 12.2 Å². The zero-order valence-corrected chi connectivity index (χ0v) is 14.3. The Morgan fingerprint density at radius 3 is 2.43 bits per heavy atom. The van der Waals surface area contributed by atoms with Crippen molar-refractivity contribution < 1.29 is 9.53 Å². The molecule has 2 saturated heterocycles. The first kappa shape index (κ1) is 16.8. The average molecular weight is 296 g/mol. The summed E-state index contributed by atoms with van der Waals surface area (Å²) in [5.41, 5.74) is 0.205. The fourth-order valence-corrected chi connectivity index (χ4v) is 3.44. The minimum atomic E-state index is -0.0165. The number of carbonyl (C=O) groups excluding carboxylic acids is 1.